The Hall–Kier alpha value is -2.70. The molecule has 28 heavy (non-hydrogen) atoms. The summed E-state index contributed by atoms with van der Waals surface area (Å²) in [6.07, 6.45) is 4.51. The van der Waals surface area contributed by atoms with E-state index in [2.05, 4.69) is 5.10 Å². The van der Waals surface area contributed by atoms with Gasteiger partial charge in [0.15, 0.2) is 0 Å². The van der Waals surface area contributed by atoms with Gasteiger partial charge in [-0.1, -0.05) is 19.4 Å². The summed E-state index contributed by atoms with van der Waals surface area (Å²) in [7, 11) is 0. The van der Waals surface area contributed by atoms with Gasteiger partial charge in [-0.15, -0.1) is 0 Å². The van der Waals surface area contributed by atoms with Crippen LogP contribution in [0.5, 0.6) is 0 Å². The van der Waals surface area contributed by atoms with Crippen molar-refractivity contribution in [1.82, 2.24) is 14.7 Å². The van der Waals surface area contributed by atoms with Crippen molar-refractivity contribution in [3.8, 4) is 5.69 Å². The van der Waals surface area contributed by atoms with Crippen molar-refractivity contribution in [1.29, 1.82) is 0 Å². The Bertz CT molecular complexity index is 849. The third-order valence-corrected chi connectivity index (χ3v) is 4.97. The normalized spacial score (nSPS) is 16.8. The molecular formula is C21H26FN3O3. The Balaban J connectivity index is 1.86. The van der Waals surface area contributed by atoms with Crippen molar-refractivity contribution in [2.24, 2.45) is 5.92 Å². The number of likely N-dealkylation sites (tertiary alicyclic amines) is 1. The molecule has 2 aromatic rings. The van der Waals surface area contributed by atoms with E-state index in [1.54, 1.807) is 34.8 Å². The number of hydrogen-bond acceptors (Lipinski definition) is 4. The quantitative estimate of drug-likeness (QED) is 0.713. The molecule has 1 fully saturated rings. The molecular weight excluding hydrogens is 361 g/mol. The van der Waals surface area contributed by atoms with Crippen LogP contribution < -0.4 is 0 Å². The van der Waals surface area contributed by atoms with E-state index in [1.807, 2.05) is 6.92 Å². The van der Waals surface area contributed by atoms with Crippen molar-refractivity contribution in [2.45, 2.75) is 39.5 Å². The lowest BCUT2D eigenvalue weighted by Gasteiger charge is -2.31. The van der Waals surface area contributed by atoms with Crippen molar-refractivity contribution in [3.63, 3.8) is 0 Å². The third kappa shape index (κ3) is 4.24. The van der Waals surface area contributed by atoms with Crippen molar-refractivity contribution < 1.29 is 18.7 Å². The topological polar surface area (TPSA) is 64.4 Å². The zero-order valence-corrected chi connectivity index (χ0v) is 16.4. The predicted octanol–water partition coefficient (Wildman–Crippen LogP) is 3.38. The Morgan fingerprint density at radius 1 is 1.32 bits per heavy atom. The Kier molecular flexibility index (Phi) is 6.44. The van der Waals surface area contributed by atoms with Gasteiger partial charge in [-0.3, -0.25) is 9.59 Å². The number of hydrogen-bond donors (Lipinski definition) is 0. The van der Waals surface area contributed by atoms with Gasteiger partial charge in [0.05, 0.1) is 35.7 Å². The van der Waals surface area contributed by atoms with Crippen molar-refractivity contribution >= 4 is 11.9 Å². The van der Waals surface area contributed by atoms with E-state index in [1.165, 1.54) is 12.1 Å². The molecule has 1 saturated heterocycles. The summed E-state index contributed by atoms with van der Waals surface area (Å²) >= 11 is 0. The lowest BCUT2D eigenvalue weighted by atomic mass is 9.97. The standard InChI is InChI=1S/C21H26FN3O3/c1-3-7-19-18(13-23-25(19)17-10-5-9-16(22)12-17)20(26)24-11-6-8-15(14-24)21(27)28-4-2/h5,9-10,12-13,15H,3-4,6-8,11,14H2,1-2H3/t15-/m0/s1. The molecule has 0 radical (unpaired) electrons. The van der Waals surface area contributed by atoms with Crippen LogP contribution in [0.3, 0.4) is 0 Å². The molecule has 150 valence electrons. The Labute approximate surface area is 164 Å². The van der Waals surface area contributed by atoms with Crippen LogP contribution in [-0.2, 0) is 16.0 Å². The van der Waals surface area contributed by atoms with Gasteiger partial charge in [-0.05, 0) is 44.4 Å². The highest BCUT2D eigenvalue weighted by Gasteiger charge is 2.31. The van der Waals surface area contributed by atoms with Gasteiger partial charge in [-0.25, -0.2) is 9.07 Å². The first-order valence-electron chi connectivity index (χ1n) is 9.83. The SMILES string of the molecule is CCCc1c(C(=O)N2CCC[C@H](C(=O)OCC)C2)cnn1-c1cccc(F)c1. The van der Waals surface area contributed by atoms with Crippen molar-refractivity contribution in [3.05, 3.63) is 47.5 Å². The summed E-state index contributed by atoms with van der Waals surface area (Å²) in [5.74, 6) is -1.02. The number of nitrogens with zero attached hydrogens (tertiary/aromatic N) is 3. The van der Waals surface area contributed by atoms with Gasteiger partial charge in [0.25, 0.3) is 5.91 Å². The Morgan fingerprint density at radius 3 is 2.86 bits per heavy atom. The van der Waals surface area contributed by atoms with Gasteiger partial charge < -0.3 is 9.64 Å². The molecule has 6 nitrogen and oxygen atoms in total. The second kappa shape index (κ2) is 8.99. The zero-order chi connectivity index (χ0) is 20.1. The molecule has 1 aliphatic rings. The van der Waals surface area contributed by atoms with E-state index in [9.17, 15) is 14.0 Å². The largest absolute Gasteiger partial charge is 0.466 e. The number of piperidine rings is 1. The average Bonchev–Trinajstić information content (AvgIpc) is 3.11. The highest BCUT2D eigenvalue weighted by atomic mass is 19.1. The number of ether oxygens (including phenoxy) is 1. The van der Waals surface area contributed by atoms with E-state index >= 15 is 0 Å². The molecule has 0 aliphatic carbocycles. The molecule has 7 heteroatoms. The van der Waals surface area contributed by atoms with Crippen molar-refractivity contribution in [2.75, 3.05) is 19.7 Å². The number of benzene rings is 1. The van der Waals surface area contributed by atoms with E-state index in [0.717, 1.165) is 25.0 Å². The number of rotatable bonds is 6. The summed E-state index contributed by atoms with van der Waals surface area (Å²) in [5.41, 5.74) is 1.86. The number of carbonyl (C=O) groups is 2. The van der Waals surface area contributed by atoms with Crippen LogP contribution in [0.15, 0.2) is 30.5 Å². The fourth-order valence-corrected chi connectivity index (χ4v) is 3.64. The summed E-state index contributed by atoms with van der Waals surface area (Å²) < 4.78 is 20.4. The number of esters is 1. The van der Waals surface area contributed by atoms with Crippen LogP contribution in [0, 0.1) is 11.7 Å². The first-order chi connectivity index (χ1) is 13.5. The first kappa shape index (κ1) is 20.0. The molecule has 3 rings (SSSR count). The van der Waals surface area contributed by atoms with Crippen LogP contribution in [-0.4, -0.2) is 46.3 Å². The summed E-state index contributed by atoms with van der Waals surface area (Å²) in [6, 6.07) is 6.17. The summed E-state index contributed by atoms with van der Waals surface area (Å²) in [5, 5.41) is 4.36. The second-order valence-electron chi connectivity index (χ2n) is 6.99. The molecule has 2 heterocycles. The van der Waals surface area contributed by atoms with Gasteiger partial charge >= 0.3 is 5.97 Å². The van der Waals surface area contributed by atoms with E-state index in [0.29, 0.717) is 37.4 Å². The van der Waals surface area contributed by atoms with Crippen LogP contribution in [0.1, 0.15) is 49.2 Å². The lowest BCUT2D eigenvalue weighted by Crippen LogP contribution is -2.43. The summed E-state index contributed by atoms with van der Waals surface area (Å²) in [4.78, 5) is 27.0. The summed E-state index contributed by atoms with van der Waals surface area (Å²) in [6.45, 7) is 5.10. The van der Waals surface area contributed by atoms with Gasteiger partial charge in [0, 0.05) is 13.1 Å². The molecule has 0 N–H and O–H groups in total. The number of aromatic nitrogens is 2. The highest BCUT2D eigenvalue weighted by molar-refractivity contribution is 5.95. The predicted molar refractivity (Wildman–Crippen MR) is 103 cm³/mol. The van der Waals surface area contributed by atoms with Gasteiger partial charge in [-0.2, -0.15) is 5.10 Å². The van der Waals surface area contributed by atoms with Crippen LogP contribution in [0.4, 0.5) is 4.39 Å². The van der Waals surface area contributed by atoms with Gasteiger partial charge in [0.1, 0.15) is 5.82 Å². The number of halogens is 1. The molecule has 0 saturated carbocycles. The molecule has 1 atom stereocenters. The Morgan fingerprint density at radius 2 is 2.14 bits per heavy atom. The molecule has 1 aromatic carbocycles. The highest BCUT2D eigenvalue weighted by Crippen LogP contribution is 2.23. The maximum absolute atomic E-state index is 13.6. The monoisotopic (exact) mass is 387 g/mol. The molecule has 1 amide bonds. The van der Waals surface area contributed by atoms with Gasteiger partial charge in [0.2, 0.25) is 0 Å². The second-order valence-corrected chi connectivity index (χ2v) is 6.99. The minimum Gasteiger partial charge on any atom is -0.466 e. The fraction of sp³-hybridized carbons (Fsp3) is 0.476. The van der Waals surface area contributed by atoms with Crippen LogP contribution >= 0.6 is 0 Å². The maximum Gasteiger partial charge on any atom is 0.310 e. The number of amides is 1. The third-order valence-electron chi connectivity index (χ3n) is 4.97. The average molecular weight is 387 g/mol. The fourth-order valence-electron chi connectivity index (χ4n) is 3.64. The van der Waals surface area contributed by atoms with Crippen LogP contribution in [0.2, 0.25) is 0 Å². The van der Waals surface area contributed by atoms with Crippen LogP contribution in [0.25, 0.3) is 5.69 Å². The zero-order valence-electron chi connectivity index (χ0n) is 16.4. The maximum atomic E-state index is 13.6. The first-order valence-corrected chi connectivity index (χ1v) is 9.83. The molecule has 0 unspecified atom stereocenters. The lowest BCUT2D eigenvalue weighted by molar-refractivity contribution is -0.149. The minimum absolute atomic E-state index is 0.139. The van der Waals surface area contributed by atoms with E-state index in [-0.39, 0.29) is 23.6 Å². The van der Waals surface area contributed by atoms with E-state index < -0.39 is 0 Å². The molecule has 1 aromatic heterocycles. The molecule has 1 aliphatic heterocycles. The molecule has 0 bridgehead atoms. The number of carbonyl (C=O) groups excluding carboxylic acids is 2. The molecule has 0 spiro atoms. The van der Waals surface area contributed by atoms with E-state index in [4.69, 9.17) is 4.74 Å². The minimum atomic E-state index is -0.350. The smallest absolute Gasteiger partial charge is 0.310 e.